The third-order valence-electron chi connectivity index (χ3n) is 3.65. The molecule has 0 radical (unpaired) electrons. The second-order valence-corrected chi connectivity index (χ2v) is 5.62. The molecule has 0 saturated heterocycles. The number of unbranched alkanes of at least 4 members (excludes halogenated alkanes) is 7. The van der Waals surface area contributed by atoms with Crippen molar-refractivity contribution in [2.24, 2.45) is 0 Å². The van der Waals surface area contributed by atoms with Crippen molar-refractivity contribution in [3.05, 3.63) is 29.8 Å². The van der Waals surface area contributed by atoms with Crippen molar-refractivity contribution >= 4 is 6.29 Å². The Labute approximate surface area is 135 Å². The minimum Gasteiger partial charge on any atom is -0.491 e. The molecular formula is C19H30O3. The fraction of sp³-hybridized carbons (Fsp3) is 0.632. The molecule has 3 nitrogen and oxygen atoms in total. The molecule has 0 bridgehead atoms. The molecule has 0 unspecified atom stereocenters. The fourth-order valence-corrected chi connectivity index (χ4v) is 2.30. The average molecular weight is 306 g/mol. The number of benzene rings is 1. The number of hydrogen-bond acceptors (Lipinski definition) is 3. The third kappa shape index (κ3) is 9.56. The zero-order valence-electron chi connectivity index (χ0n) is 13.9. The quantitative estimate of drug-likeness (QED) is 0.357. The number of aldehydes is 1. The number of hydrogen-bond donors (Lipinski definition) is 0. The van der Waals surface area contributed by atoms with Gasteiger partial charge < -0.3 is 9.47 Å². The highest BCUT2D eigenvalue weighted by Gasteiger charge is 1.96. The molecule has 0 aliphatic heterocycles. The first-order valence-electron chi connectivity index (χ1n) is 8.62. The van der Waals surface area contributed by atoms with E-state index in [0.717, 1.165) is 25.1 Å². The summed E-state index contributed by atoms with van der Waals surface area (Å²) in [6, 6.07) is 7.12. The lowest BCUT2D eigenvalue weighted by molar-refractivity contribution is 0.0970. The van der Waals surface area contributed by atoms with E-state index in [9.17, 15) is 4.79 Å². The molecule has 0 aromatic heterocycles. The summed E-state index contributed by atoms with van der Waals surface area (Å²) in [4.78, 5) is 10.5. The van der Waals surface area contributed by atoms with E-state index >= 15 is 0 Å². The largest absolute Gasteiger partial charge is 0.491 e. The fourth-order valence-electron chi connectivity index (χ4n) is 2.30. The van der Waals surface area contributed by atoms with Gasteiger partial charge in [0.2, 0.25) is 0 Å². The van der Waals surface area contributed by atoms with Crippen LogP contribution in [0.25, 0.3) is 0 Å². The summed E-state index contributed by atoms with van der Waals surface area (Å²) in [6.45, 7) is 4.24. The monoisotopic (exact) mass is 306 g/mol. The standard InChI is InChI=1S/C19H30O3/c1-2-3-4-5-6-7-8-9-14-21-15-16-22-19-12-10-18(17-20)11-13-19/h10-13,17H,2-9,14-16H2,1H3. The first-order chi connectivity index (χ1) is 10.9. The third-order valence-corrected chi connectivity index (χ3v) is 3.65. The van der Waals surface area contributed by atoms with Gasteiger partial charge in [-0.15, -0.1) is 0 Å². The van der Waals surface area contributed by atoms with E-state index in [1.807, 2.05) is 12.1 Å². The van der Waals surface area contributed by atoms with Gasteiger partial charge in [0.15, 0.2) is 0 Å². The Bertz CT molecular complexity index is 373. The van der Waals surface area contributed by atoms with Gasteiger partial charge in [0.25, 0.3) is 0 Å². The Morgan fingerprint density at radius 2 is 1.45 bits per heavy atom. The topological polar surface area (TPSA) is 35.5 Å². The van der Waals surface area contributed by atoms with E-state index in [0.29, 0.717) is 18.8 Å². The first kappa shape index (κ1) is 18.7. The molecule has 0 N–H and O–H groups in total. The molecule has 1 aromatic carbocycles. The summed E-state index contributed by atoms with van der Waals surface area (Å²) in [6.07, 6.45) is 11.4. The zero-order chi connectivity index (χ0) is 15.9. The van der Waals surface area contributed by atoms with E-state index in [4.69, 9.17) is 9.47 Å². The lowest BCUT2D eigenvalue weighted by Gasteiger charge is -2.07. The lowest BCUT2D eigenvalue weighted by Crippen LogP contribution is -2.07. The van der Waals surface area contributed by atoms with Gasteiger partial charge in [-0.3, -0.25) is 4.79 Å². The SMILES string of the molecule is CCCCCCCCCCOCCOc1ccc(C=O)cc1. The van der Waals surface area contributed by atoms with Crippen LogP contribution in [0, 0.1) is 0 Å². The minimum atomic E-state index is 0.553. The van der Waals surface area contributed by atoms with Gasteiger partial charge in [-0.1, -0.05) is 51.9 Å². The molecule has 0 heterocycles. The molecule has 0 atom stereocenters. The Kier molecular flexibility index (Phi) is 11.3. The molecule has 0 aliphatic carbocycles. The summed E-state index contributed by atoms with van der Waals surface area (Å²) in [7, 11) is 0. The maximum absolute atomic E-state index is 10.5. The van der Waals surface area contributed by atoms with Crippen LogP contribution in [0.5, 0.6) is 5.75 Å². The van der Waals surface area contributed by atoms with Gasteiger partial charge in [-0.2, -0.15) is 0 Å². The van der Waals surface area contributed by atoms with Gasteiger partial charge >= 0.3 is 0 Å². The highest BCUT2D eigenvalue weighted by atomic mass is 16.5. The predicted octanol–water partition coefficient (Wildman–Crippen LogP) is 5.04. The smallest absolute Gasteiger partial charge is 0.150 e. The van der Waals surface area contributed by atoms with Crippen LogP contribution in [0.3, 0.4) is 0 Å². The maximum Gasteiger partial charge on any atom is 0.150 e. The van der Waals surface area contributed by atoms with Gasteiger partial charge in [-0.25, -0.2) is 0 Å². The van der Waals surface area contributed by atoms with E-state index in [1.165, 1.54) is 44.9 Å². The Morgan fingerprint density at radius 1 is 0.818 bits per heavy atom. The number of rotatable bonds is 14. The van der Waals surface area contributed by atoms with E-state index in [2.05, 4.69) is 6.92 Å². The van der Waals surface area contributed by atoms with Gasteiger partial charge in [0.1, 0.15) is 18.6 Å². The predicted molar refractivity (Wildman–Crippen MR) is 90.8 cm³/mol. The first-order valence-corrected chi connectivity index (χ1v) is 8.62. The van der Waals surface area contributed by atoms with Crippen molar-refractivity contribution in [2.75, 3.05) is 19.8 Å². The number of carbonyl (C=O) groups excluding carboxylic acids is 1. The molecule has 124 valence electrons. The van der Waals surface area contributed by atoms with Crippen molar-refractivity contribution in [3.8, 4) is 5.75 Å². The van der Waals surface area contributed by atoms with Crippen molar-refractivity contribution in [1.82, 2.24) is 0 Å². The summed E-state index contributed by atoms with van der Waals surface area (Å²) < 4.78 is 11.1. The van der Waals surface area contributed by atoms with Crippen LogP contribution in [0.15, 0.2) is 24.3 Å². The Morgan fingerprint density at radius 3 is 2.09 bits per heavy atom. The number of carbonyl (C=O) groups is 1. The summed E-state index contributed by atoms with van der Waals surface area (Å²) in [5.41, 5.74) is 0.665. The van der Waals surface area contributed by atoms with Crippen LogP contribution in [-0.2, 0) is 4.74 Å². The summed E-state index contributed by atoms with van der Waals surface area (Å²) in [5, 5.41) is 0. The molecule has 0 saturated carbocycles. The van der Waals surface area contributed by atoms with Crippen molar-refractivity contribution in [3.63, 3.8) is 0 Å². The van der Waals surface area contributed by atoms with Gasteiger partial charge in [0.05, 0.1) is 6.61 Å². The van der Waals surface area contributed by atoms with E-state index in [-0.39, 0.29) is 0 Å². The maximum atomic E-state index is 10.5. The van der Waals surface area contributed by atoms with Crippen LogP contribution < -0.4 is 4.74 Å². The van der Waals surface area contributed by atoms with Crippen LogP contribution >= 0.6 is 0 Å². The molecule has 0 aliphatic rings. The van der Waals surface area contributed by atoms with Gasteiger partial charge in [0, 0.05) is 12.2 Å². The molecule has 0 spiro atoms. The molecule has 0 amide bonds. The van der Waals surface area contributed by atoms with Crippen LogP contribution in [0.2, 0.25) is 0 Å². The highest BCUT2D eigenvalue weighted by molar-refractivity contribution is 5.74. The van der Waals surface area contributed by atoms with Crippen LogP contribution in [0.1, 0.15) is 68.6 Å². The Hall–Kier alpha value is -1.35. The number of ether oxygens (including phenoxy) is 2. The second-order valence-electron chi connectivity index (χ2n) is 5.62. The normalized spacial score (nSPS) is 10.6. The minimum absolute atomic E-state index is 0.553. The van der Waals surface area contributed by atoms with E-state index < -0.39 is 0 Å². The average Bonchev–Trinajstić information content (AvgIpc) is 2.56. The molecule has 1 aromatic rings. The zero-order valence-corrected chi connectivity index (χ0v) is 13.9. The molecular weight excluding hydrogens is 276 g/mol. The van der Waals surface area contributed by atoms with Crippen molar-refractivity contribution < 1.29 is 14.3 Å². The van der Waals surface area contributed by atoms with Crippen molar-refractivity contribution in [2.45, 2.75) is 58.3 Å². The molecule has 0 fully saturated rings. The van der Waals surface area contributed by atoms with Crippen LogP contribution in [-0.4, -0.2) is 26.1 Å². The van der Waals surface area contributed by atoms with E-state index in [1.54, 1.807) is 12.1 Å². The van der Waals surface area contributed by atoms with Crippen LogP contribution in [0.4, 0.5) is 0 Å². The lowest BCUT2D eigenvalue weighted by atomic mass is 10.1. The second kappa shape index (κ2) is 13.3. The summed E-state index contributed by atoms with van der Waals surface area (Å²) >= 11 is 0. The van der Waals surface area contributed by atoms with Crippen molar-refractivity contribution in [1.29, 1.82) is 0 Å². The van der Waals surface area contributed by atoms with Gasteiger partial charge in [-0.05, 0) is 30.7 Å². The molecule has 1 rings (SSSR count). The Balaban J connectivity index is 1.86. The highest BCUT2D eigenvalue weighted by Crippen LogP contribution is 2.11. The summed E-state index contributed by atoms with van der Waals surface area (Å²) in [5.74, 6) is 0.779. The molecule has 22 heavy (non-hydrogen) atoms. The molecule has 3 heteroatoms.